The van der Waals surface area contributed by atoms with Crippen LogP contribution in [-0.2, 0) is 17.7 Å². The van der Waals surface area contributed by atoms with Gasteiger partial charge in [-0.05, 0) is 48.6 Å². The molecule has 0 unspecified atom stereocenters. The van der Waals surface area contributed by atoms with Crippen molar-refractivity contribution in [3.8, 4) is 11.3 Å². The number of aryl methyl sites for hydroxylation is 1. The van der Waals surface area contributed by atoms with Gasteiger partial charge in [-0.2, -0.15) is 5.10 Å². The van der Waals surface area contributed by atoms with Crippen molar-refractivity contribution in [1.82, 2.24) is 14.8 Å². The highest BCUT2D eigenvalue weighted by atomic mass is 16.5. The van der Waals surface area contributed by atoms with Crippen molar-refractivity contribution in [1.29, 1.82) is 0 Å². The van der Waals surface area contributed by atoms with Crippen LogP contribution in [0.4, 0.5) is 0 Å². The maximum Gasteiger partial charge on any atom is 0.0969 e. The molecule has 0 amide bonds. The molecular formula is C21H23N3O2. The minimum atomic E-state index is -0.607. The molecule has 1 aromatic carbocycles. The van der Waals surface area contributed by atoms with Gasteiger partial charge in [0.2, 0.25) is 0 Å². The number of nitrogens with zero attached hydrogens (tertiary/aromatic N) is 3. The Bertz CT molecular complexity index is 847. The van der Waals surface area contributed by atoms with Crippen LogP contribution in [0.1, 0.15) is 30.1 Å². The van der Waals surface area contributed by atoms with Gasteiger partial charge >= 0.3 is 0 Å². The molecule has 2 heterocycles. The van der Waals surface area contributed by atoms with Crippen molar-refractivity contribution < 1.29 is 9.84 Å². The Morgan fingerprint density at radius 3 is 2.85 bits per heavy atom. The largest absolute Gasteiger partial charge is 0.389 e. The first kappa shape index (κ1) is 16.9. The number of aliphatic hydroxyl groups is 1. The summed E-state index contributed by atoms with van der Waals surface area (Å²) in [6.45, 7) is 0.702. The van der Waals surface area contributed by atoms with Crippen molar-refractivity contribution in [2.24, 2.45) is 0 Å². The number of fused-ring (bicyclic) bond motifs is 1. The third-order valence-corrected chi connectivity index (χ3v) is 4.88. The SMILES string of the molecule is O[C@H](CO[C@H]1CCCc2ccccc21)Cn1nccc1-c1ccncc1. The number of ether oxygens (including phenoxy) is 1. The molecule has 0 saturated heterocycles. The Balaban J connectivity index is 1.39. The van der Waals surface area contributed by atoms with Crippen LogP contribution in [0.5, 0.6) is 0 Å². The van der Waals surface area contributed by atoms with E-state index in [4.69, 9.17) is 4.74 Å². The quantitative estimate of drug-likeness (QED) is 0.741. The van der Waals surface area contributed by atoms with E-state index in [0.717, 1.165) is 30.5 Å². The lowest BCUT2D eigenvalue weighted by molar-refractivity contribution is -0.0234. The van der Waals surface area contributed by atoms with E-state index in [9.17, 15) is 5.11 Å². The Kier molecular flexibility index (Phi) is 5.09. The molecule has 0 bridgehead atoms. The van der Waals surface area contributed by atoms with Gasteiger partial charge in [-0.1, -0.05) is 24.3 Å². The molecule has 2 aromatic heterocycles. The maximum absolute atomic E-state index is 10.5. The second kappa shape index (κ2) is 7.81. The van der Waals surface area contributed by atoms with Crippen LogP contribution in [0.15, 0.2) is 61.1 Å². The van der Waals surface area contributed by atoms with E-state index in [2.05, 4.69) is 34.3 Å². The van der Waals surface area contributed by atoms with Gasteiger partial charge in [0.15, 0.2) is 0 Å². The van der Waals surface area contributed by atoms with Crippen molar-refractivity contribution in [2.45, 2.75) is 38.0 Å². The lowest BCUT2D eigenvalue weighted by Crippen LogP contribution is -2.25. The lowest BCUT2D eigenvalue weighted by Gasteiger charge is -2.26. The average molecular weight is 349 g/mol. The molecule has 3 aromatic rings. The smallest absolute Gasteiger partial charge is 0.0969 e. The highest BCUT2D eigenvalue weighted by molar-refractivity contribution is 5.58. The van der Waals surface area contributed by atoms with Crippen molar-refractivity contribution in [3.63, 3.8) is 0 Å². The predicted octanol–water partition coefficient (Wildman–Crippen LogP) is 3.40. The van der Waals surface area contributed by atoms with E-state index < -0.39 is 6.10 Å². The molecule has 4 rings (SSSR count). The zero-order valence-corrected chi connectivity index (χ0v) is 14.7. The number of hydrogen-bond acceptors (Lipinski definition) is 4. The Morgan fingerprint density at radius 1 is 1.12 bits per heavy atom. The summed E-state index contributed by atoms with van der Waals surface area (Å²) in [5.41, 5.74) is 4.63. The van der Waals surface area contributed by atoms with Gasteiger partial charge in [-0.25, -0.2) is 0 Å². The van der Waals surface area contributed by atoms with Crippen molar-refractivity contribution >= 4 is 0 Å². The summed E-state index contributed by atoms with van der Waals surface area (Å²) >= 11 is 0. The standard InChI is InChI=1S/C21H23N3O2/c25-18(14-24-20(10-13-23-24)17-8-11-22-12-9-17)15-26-21-7-3-5-16-4-1-2-6-19(16)21/h1-2,4,6,8-13,18,21,25H,3,5,7,14-15H2/t18-,21-/m0/s1. The molecular weight excluding hydrogens is 326 g/mol. The second-order valence-electron chi connectivity index (χ2n) is 6.70. The van der Waals surface area contributed by atoms with E-state index in [1.54, 1.807) is 18.6 Å². The van der Waals surface area contributed by atoms with Gasteiger partial charge < -0.3 is 9.84 Å². The molecule has 1 aliphatic carbocycles. The predicted molar refractivity (Wildman–Crippen MR) is 99.5 cm³/mol. The molecule has 0 fully saturated rings. The first-order chi connectivity index (χ1) is 12.8. The fourth-order valence-electron chi connectivity index (χ4n) is 3.61. The molecule has 0 radical (unpaired) electrons. The average Bonchev–Trinajstić information content (AvgIpc) is 3.15. The summed E-state index contributed by atoms with van der Waals surface area (Å²) < 4.78 is 7.88. The molecule has 1 N–H and O–H groups in total. The summed E-state index contributed by atoms with van der Waals surface area (Å²) in [6.07, 6.45) is 7.98. The van der Waals surface area contributed by atoms with Gasteiger partial charge in [-0.3, -0.25) is 9.67 Å². The number of hydrogen-bond donors (Lipinski definition) is 1. The number of aliphatic hydroxyl groups excluding tert-OH is 1. The molecule has 0 spiro atoms. The van der Waals surface area contributed by atoms with Gasteiger partial charge in [0.1, 0.15) is 0 Å². The highest BCUT2D eigenvalue weighted by Gasteiger charge is 2.21. The number of benzene rings is 1. The first-order valence-electron chi connectivity index (χ1n) is 9.11. The zero-order valence-electron chi connectivity index (χ0n) is 14.7. The van der Waals surface area contributed by atoms with Gasteiger partial charge in [0.05, 0.1) is 31.1 Å². The Morgan fingerprint density at radius 2 is 1.96 bits per heavy atom. The third kappa shape index (κ3) is 3.69. The van der Waals surface area contributed by atoms with Crippen LogP contribution in [-0.4, -0.2) is 32.6 Å². The normalized spacial score (nSPS) is 17.7. The molecule has 5 nitrogen and oxygen atoms in total. The number of aromatic nitrogens is 3. The maximum atomic E-state index is 10.5. The number of pyridine rings is 1. The van der Waals surface area contributed by atoms with E-state index in [-0.39, 0.29) is 6.10 Å². The molecule has 0 aliphatic heterocycles. The van der Waals surface area contributed by atoms with Crippen LogP contribution in [0.25, 0.3) is 11.3 Å². The molecule has 5 heteroatoms. The molecule has 134 valence electrons. The molecule has 1 aliphatic rings. The molecule has 2 atom stereocenters. The van der Waals surface area contributed by atoms with Crippen LogP contribution >= 0.6 is 0 Å². The van der Waals surface area contributed by atoms with Crippen LogP contribution in [0, 0.1) is 0 Å². The highest BCUT2D eigenvalue weighted by Crippen LogP contribution is 2.32. The monoisotopic (exact) mass is 349 g/mol. The minimum absolute atomic E-state index is 0.0758. The van der Waals surface area contributed by atoms with Crippen molar-refractivity contribution in [2.75, 3.05) is 6.61 Å². The summed E-state index contributed by atoms with van der Waals surface area (Å²) in [4.78, 5) is 4.05. The zero-order chi connectivity index (χ0) is 17.8. The topological polar surface area (TPSA) is 60.2 Å². The van der Waals surface area contributed by atoms with E-state index in [1.165, 1.54) is 11.1 Å². The van der Waals surface area contributed by atoms with E-state index in [1.807, 2.05) is 22.9 Å². The van der Waals surface area contributed by atoms with Gasteiger partial charge in [-0.15, -0.1) is 0 Å². The summed E-state index contributed by atoms with van der Waals surface area (Å²) in [6, 6.07) is 14.3. The summed E-state index contributed by atoms with van der Waals surface area (Å²) in [5, 5.41) is 14.8. The third-order valence-electron chi connectivity index (χ3n) is 4.88. The fraction of sp³-hybridized carbons (Fsp3) is 0.333. The van der Waals surface area contributed by atoms with Crippen LogP contribution in [0.3, 0.4) is 0 Å². The second-order valence-corrected chi connectivity index (χ2v) is 6.70. The number of rotatable bonds is 6. The van der Waals surface area contributed by atoms with Gasteiger partial charge in [0, 0.05) is 24.2 Å². The van der Waals surface area contributed by atoms with Crippen LogP contribution < -0.4 is 0 Å². The summed E-state index contributed by atoms with van der Waals surface area (Å²) in [7, 11) is 0. The summed E-state index contributed by atoms with van der Waals surface area (Å²) in [5.74, 6) is 0. The molecule has 26 heavy (non-hydrogen) atoms. The first-order valence-corrected chi connectivity index (χ1v) is 9.11. The lowest BCUT2D eigenvalue weighted by atomic mass is 9.89. The van der Waals surface area contributed by atoms with E-state index in [0.29, 0.717) is 13.2 Å². The minimum Gasteiger partial charge on any atom is -0.389 e. The van der Waals surface area contributed by atoms with Gasteiger partial charge in [0.25, 0.3) is 0 Å². The van der Waals surface area contributed by atoms with Crippen LogP contribution in [0.2, 0.25) is 0 Å². The Hall–Kier alpha value is -2.50. The fourth-order valence-corrected chi connectivity index (χ4v) is 3.61. The van der Waals surface area contributed by atoms with E-state index >= 15 is 0 Å². The van der Waals surface area contributed by atoms with Crippen molar-refractivity contribution in [3.05, 3.63) is 72.2 Å². The molecule has 0 saturated carbocycles. The Labute approximate surface area is 153 Å².